The molecule has 2 unspecified atom stereocenters. The molecule has 3 rings (SSSR count). The molecule has 0 amide bonds. The summed E-state index contributed by atoms with van der Waals surface area (Å²) in [6, 6.07) is 5.05. The van der Waals surface area contributed by atoms with Crippen LogP contribution in [0.2, 0.25) is 0 Å². The van der Waals surface area contributed by atoms with Crippen LogP contribution >= 0.6 is 11.3 Å². The van der Waals surface area contributed by atoms with Crippen LogP contribution < -0.4 is 5.73 Å². The van der Waals surface area contributed by atoms with Crippen LogP contribution in [0.1, 0.15) is 33.8 Å². The molecule has 2 heterocycles. The third-order valence-electron chi connectivity index (χ3n) is 4.43. The van der Waals surface area contributed by atoms with Gasteiger partial charge in [0, 0.05) is 24.5 Å². The largest absolute Gasteiger partial charge is 0.371 e. The van der Waals surface area contributed by atoms with Crippen LogP contribution in [0.15, 0.2) is 23.7 Å². The van der Waals surface area contributed by atoms with Crippen molar-refractivity contribution in [1.82, 2.24) is 9.88 Å². The van der Waals surface area contributed by atoms with E-state index in [1.165, 1.54) is 10.9 Å². The van der Waals surface area contributed by atoms with E-state index in [-0.39, 0.29) is 18.0 Å². The first-order valence-electron chi connectivity index (χ1n) is 7.82. The zero-order valence-electron chi connectivity index (χ0n) is 13.5. The summed E-state index contributed by atoms with van der Waals surface area (Å²) in [6.07, 6.45) is -0.0494. The first-order chi connectivity index (χ1) is 11.1. The number of aryl methyl sites for hydroxylation is 2. The van der Waals surface area contributed by atoms with Gasteiger partial charge in [-0.3, -0.25) is 4.90 Å². The average molecular weight is 335 g/mol. The minimum atomic E-state index is -0.209. The number of nitrogens with zero attached hydrogens (tertiary/aromatic N) is 2. The Morgan fingerprint density at radius 3 is 2.96 bits per heavy atom. The summed E-state index contributed by atoms with van der Waals surface area (Å²) in [7, 11) is 0. The maximum atomic E-state index is 13.3. The van der Waals surface area contributed by atoms with Crippen LogP contribution in [0, 0.1) is 19.7 Å². The topological polar surface area (TPSA) is 51.4 Å². The van der Waals surface area contributed by atoms with Crippen molar-refractivity contribution in [2.24, 2.45) is 5.73 Å². The van der Waals surface area contributed by atoms with Crippen molar-refractivity contribution in [3.05, 3.63) is 51.2 Å². The molecule has 1 saturated heterocycles. The molecule has 0 aliphatic carbocycles. The van der Waals surface area contributed by atoms with Crippen LogP contribution in [0.25, 0.3) is 0 Å². The molecule has 6 heteroatoms. The van der Waals surface area contributed by atoms with Gasteiger partial charge in [-0.25, -0.2) is 9.37 Å². The summed E-state index contributed by atoms with van der Waals surface area (Å²) < 4.78 is 19.3. The third kappa shape index (κ3) is 3.45. The Morgan fingerprint density at radius 2 is 2.30 bits per heavy atom. The lowest BCUT2D eigenvalue weighted by Crippen LogP contribution is -2.43. The van der Waals surface area contributed by atoms with Gasteiger partial charge < -0.3 is 10.5 Å². The van der Waals surface area contributed by atoms with Gasteiger partial charge in [-0.1, -0.05) is 6.07 Å². The number of morpholine rings is 1. The van der Waals surface area contributed by atoms with Crippen molar-refractivity contribution < 1.29 is 9.13 Å². The Balaban J connectivity index is 1.81. The number of nitrogens with two attached hydrogens (primary N) is 1. The van der Waals surface area contributed by atoms with Crippen molar-refractivity contribution in [2.45, 2.75) is 26.0 Å². The van der Waals surface area contributed by atoms with E-state index in [1.807, 2.05) is 25.4 Å². The highest BCUT2D eigenvalue weighted by Crippen LogP contribution is 2.32. The molecule has 0 saturated carbocycles. The average Bonchev–Trinajstić information content (AvgIpc) is 2.95. The first-order valence-corrected chi connectivity index (χ1v) is 8.70. The van der Waals surface area contributed by atoms with Crippen molar-refractivity contribution >= 4 is 11.3 Å². The molecule has 0 bridgehead atoms. The normalized spacial score (nSPS) is 20.6. The van der Waals surface area contributed by atoms with Gasteiger partial charge in [0.05, 0.1) is 30.0 Å². The van der Waals surface area contributed by atoms with Crippen molar-refractivity contribution in [2.75, 3.05) is 26.2 Å². The van der Waals surface area contributed by atoms with Crippen LogP contribution in [0.3, 0.4) is 0 Å². The van der Waals surface area contributed by atoms with E-state index in [9.17, 15) is 4.39 Å². The summed E-state index contributed by atoms with van der Waals surface area (Å²) in [6.45, 7) is 6.75. The fourth-order valence-corrected chi connectivity index (χ4v) is 4.14. The molecule has 1 aliphatic heterocycles. The molecule has 0 radical (unpaired) electrons. The van der Waals surface area contributed by atoms with Crippen LogP contribution in [0.5, 0.6) is 0 Å². The molecule has 1 fully saturated rings. The molecule has 0 spiro atoms. The second-order valence-corrected chi connectivity index (χ2v) is 6.80. The fourth-order valence-electron chi connectivity index (χ4n) is 3.19. The number of benzene rings is 1. The Labute approximate surface area is 140 Å². The van der Waals surface area contributed by atoms with Crippen molar-refractivity contribution in [3.63, 3.8) is 0 Å². The molecule has 1 aromatic carbocycles. The van der Waals surface area contributed by atoms with Gasteiger partial charge in [-0.15, -0.1) is 11.3 Å². The number of rotatable bonds is 4. The minimum absolute atomic E-state index is 0.0494. The maximum Gasteiger partial charge on any atom is 0.123 e. The Hall–Kier alpha value is -1.34. The molecule has 23 heavy (non-hydrogen) atoms. The van der Waals surface area contributed by atoms with Gasteiger partial charge in [-0.05, 0) is 37.1 Å². The number of hydrogen-bond donors (Lipinski definition) is 1. The molecular formula is C17H22FN3OS. The standard InChI is InChI=1S/C17H22FN3OS/c1-11-7-13(18)3-4-14(11)16-9-21(5-6-22-16)15(8-19)17-12(2)20-10-23-17/h3-4,7,10,15-16H,5-6,8-9,19H2,1-2H3. The van der Waals surface area contributed by atoms with E-state index < -0.39 is 0 Å². The highest BCUT2D eigenvalue weighted by molar-refractivity contribution is 7.09. The second-order valence-electron chi connectivity index (χ2n) is 5.91. The van der Waals surface area contributed by atoms with Crippen molar-refractivity contribution in [3.8, 4) is 0 Å². The number of halogens is 1. The monoisotopic (exact) mass is 335 g/mol. The molecule has 2 atom stereocenters. The summed E-state index contributed by atoms with van der Waals surface area (Å²) in [5.41, 5.74) is 10.9. The number of ether oxygens (including phenoxy) is 1. The second kappa shape index (κ2) is 7.05. The van der Waals surface area contributed by atoms with Gasteiger partial charge in [0.2, 0.25) is 0 Å². The number of thiazole rings is 1. The quantitative estimate of drug-likeness (QED) is 0.933. The predicted octanol–water partition coefficient (Wildman–Crippen LogP) is 2.97. The minimum Gasteiger partial charge on any atom is -0.371 e. The maximum absolute atomic E-state index is 13.3. The summed E-state index contributed by atoms with van der Waals surface area (Å²) >= 11 is 1.65. The smallest absolute Gasteiger partial charge is 0.123 e. The van der Waals surface area contributed by atoms with Gasteiger partial charge >= 0.3 is 0 Å². The lowest BCUT2D eigenvalue weighted by Gasteiger charge is -2.38. The van der Waals surface area contributed by atoms with Crippen LogP contribution in [-0.2, 0) is 4.74 Å². The Morgan fingerprint density at radius 1 is 1.48 bits per heavy atom. The van der Waals surface area contributed by atoms with E-state index in [0.29, 0.717) is 13.2 Å². The Bertz CT molecular complexity index is 676. The molecule has 4 nitrogen and oxygen atoms in total. The van der Waals surface area contributed by atoms with Crippen molar-refractivity contribution in [1.29, 1.82) is 0 Å². The molecular weight excluding hydrogens is 313 g/mol. The zero-order valence-corrected chi connectivity index (χ0v) is 14.3. The third-order valence-corrected chi connectivity index (χ3v) is 5.46. The van der Waals surface area contributed by atoms with Gasteiger partial charge in [0.15, 0.2) is 0 Å². The number of aromatic nitrogens is 1. The molecule has 2 aromatic rings. The SMILES string of the molecule is Cc1cc(F)ccc1C1CN(C(CN)c2scnc2C)CCO1. The van der Waals surface area contributed by atoms with E-state index in [4.69, 9.17) is 10.5 Å². The van der Waals surface area contributed by atoms with E-state index in [0.717, 1.165) is 29.9 Å². The first kappa shape index (κ1) is 16.5. The lowest BCUT2D eigenvalue weighted by atomic mass is 10.0. The summed E-state index contributed by atoms with van der Waals surface area (Å²) in [5.74, 6) is -0.209. The van der Waals surface area contributed by atoms with E-state index >= 15 is 0 Å². The number of hydrogen-bond acceptors (Lipinski definition) is 5. The molecule has 1 aliphatic rings. The highest BCUT2D eigenvalue weighted by Gasteiger charge is 2.29. The highest BCUT2D eigenvalue weighted by atomic mass is 32.1. The van der Waals surface area contributed by atoms with Crippen LogP contribution in [-0.4, -0.2) is 36.1 Å². The Kier molecular flexibility index (Phi) is 5.06. The van der Waals surface area contributed by atoms with Crippen LogP contribution in [0.4, 0.5) is 4.39 Å². The van der Waals surface area contributed by atoms with E-state index in [1.54, 1.807) is 17.4 Å². The molecule has 1 aromatic heterocycles. The van der Waals surface area contributed by atoms with Gasteiger partial charge in [-0.2, -0.15) is 0 Å². The summed E-state index contributed by atoms with van der Waals surface area (Å²) in [4.78, 5) is 7.93. The molecule has 2 N–H and O–H groups in total. The fraction of sp³-hybridized carbons (Fsp3) is 0.471. The van der Waals surface area contributed by atoms with E-state index in [2.05, 4.69) is 9.88 Å². The molecule has 124 valence electrons. The zero-order chi connectivity index (χ0) is 16.4. The summed E-state index contributed by atoms with van der Waals surface area (Å²) in [5, 5.41) is 0. The lowest BCUT2D eigenvalue weighted by molar-refractivity contribution is -0.0443. The predicted molar refractivity (Wildman–Crippen MR) is 90.0 cm³/mol. The van der Waals surface area contributed by atoms with Gasteiger partial charge in [0.1, 0.15) is 5.82 Å². The van der Waals surface area contributed by atoms with Gasteiger partial charge in [0.25, 0.3) is 0 Å².